The maximum atomic E-state index is 13.3. The summed E-state index contributed by atoms with van der Waals surface area (Å²) in [4.78, 5) is 34.5. The van der Waals surface area contributed by atoms with E-state index in [9.17, 15) is 31.9 Å². The second kappa shape index (κ2) is 40.8. The highest BCUT2D eigenvalue weighted by Gasteiger charge is 2.28. The highest BCUT2D eigenvalue weighted by Crippen LogP contribution is 2.26. The molecule has 7 N–H and O–H groups in total. The third-order valence-electron chi connectivity index (χ3n) is 12.6. The first-order chi connectivity index (χ1) is 42.2. The van der Waals surface area contributed by atoms with Crippen molar-refractivity contribution in [2.24, 2.45) is 46.0 Å². The molecular weight excluding hydrogens is 1150 g/mol. The van der Waals surface area contributed by atoms with Crippen LogP contribution in [0, 0.1) is 40.3 Å². The molecule has 15 heteroatoms. The lowest BCUT2D eigenvalue weighted by Crippen LogP contribution is -2.28. The van der Waals surface area contributed by atoms with Crippen molar-refractivity contribution in [3.05, 3.63) is 202 Å². The topological polar surface area (TPSA) is 161 Å². The minimum atomic E-state index is -4.28. The lowest BCUT2D eigenvalue weighted by Gasteiger charge is -2.19. The van der Waals surface area contributed by atoms with Gasteiger partial charge in [-0.2, -0.15) is 13.2 Å². The van der Waals surface area contributed by atoms with Crippen molar-refractivity contribution in [1.82, 2.24) is 15.5 Å². The fraction of sp³-hybridized carbons (Fsp3) is 0.461. The van der Waals surface area contributed by atoms with Crippen molar-refractivity contribution in [3.8, 4) is 11.5 Å². The summed E-state index contributed by atoms with van der Waals surface area (Å²) in [5, 5.41) is 7.75. The van der Waals surface area contributed by atoms with Gasteiger partial charge in [0.2, 0.25) is 0 Å². The molecular formula is C76H110F4N6O5. The fourth-order valence-corrected chi connectivity index (χ4v) is 9.02. The van der Waals surface area contributed by atoms with Crippen molar-refractivity contribution >= 4 is 29.4 Å². The van der Waals surface area contributed by atoms with Crippen LogP contribution < -0.4 is 36.9 Å². The lowest BCUT2D eigenvalue weighted by molar-refractivity contribution is -0.153. The van der Waals surface area contributed by atoms with E-state index in [2.05, 4.69) is 161 Å². The summed E-state index contributed by atoms with van der Waals surface area (Å²) in [5.74, 6) is 2.62. The van der Waals surface area contributed by atoms with E-state index in [1.54, 1.807) is 25.2 Å². The quantitative estimate of drug-likeness (QED) is 0.0478. The van der Waals surface area contributed by atoms with Crippen molar-refractivity contribution in [2.45, 2.75) is 168 Å². The SMILES string of the molecule is C=C(c1ccc(CC(C)(C)C)cc1)N(C)C.CC(C)Cc1ccc(F)c(OC(C)C)c1.CC(C)Cc1cccc(CNC(N)=O)c1.CC(C)Cc1cccc(NC(N)=O)c1.CC(C)Cc1cccc(OCC(F)(F)F)c1.CNC(=O)c1ccc(CC(C)(C)C)cc1. The summed E-state index contributed by atoms with van der Waals surface area (Å²) in [6.07, 6.45) is 1.72. The largest absolute Gasteiger partial charge is 0.488 e. The number of hydrogen-bond acceptors (Lipinski definition) is 6. The van der Waals surface area contributed by atoms with Gasteiger partial charge in [-0.1, -0.05) is 195 Å². The third-order valence-corrected chi connectivity index (χ3v) is 12.6. The Kier molecular flexibility index (Phi) is 36.4. The number of ether oxygens (including phenoxy) is 2. The van der Waals surface area contributed by atoms with Gasteiger partial charge in [0.25, 0.3) is 5.91 Å². The Morgan fingerprint density at radius 1 is 0.538 bits per heavy atom. The van der Waals surface area contributed by atoms with E-state index in [-0.39, 0.29) is 29.0 Å². The Balaban J connectivity index is 0.000000546. The van der Waals surface area contributed by atoms with Gasteiger partial charge in [-0.3, -0.25) is 4.79 Å². The molecule has 0 aliphatic rings. The minimum Gasteiger partial charge on any atom is -0.488 e. The predicted molar refractivity (Wildman–Crippen MR) is 372 cm³/mol. The summed E-state index contributed by atoms with van der Waals surface area (Å²) in [6, 6.07) is 43.4. The van der Waals surface area contributed by atoms with Gasteiger partial charge in [0.05, 0.1) is 6.10 Å². The van der Waals surface area contributed by atoms with Gasteiger partial charge >= 0.3 is 18.2 Å². The molecule has 0 spiro atoms. The average Bonchev–Trinajstić information content (AvgIpc) is 1.94. The zero-order chi connectivity index (χ0) is 69.2. The van der Waals surface area contributed by atoms with Crippen LogP contribution in [0.1, 0.15) is 166 Å². The predicted octanol–water partition coefficient (Wildman–Crippen LogP) is 18.5. The number of alkyl halides is 3. The molecule has 0 bridgehead atoms. The molecule has 6 rings (SSSR count). The molecule has 0 aliphatic carbocycles. The molecule has 6 aromatic carbocycles. The number of halogens is 4. The number of carbonyl (C=O) groups excluding carboxylic acids is 3. The number of primary amides is 2. The third kappa shape index (κ3) is 40.5. The zero-order valence-electron chi connectivity index (χ0n) is 58.2. The fourth-order valence-electron chi connectivity index (χ4n) is 9.02. The molecule has 5 amide bonds. The van der Waals surface area contributed by atoms with E-state index in [4.69, 9.17) is 16.2 Å². The Morgan fingerprint density at radius 3 is 1.37 bits per heavy atom. The molecule has 0 aliphatic heterocycles. The highest BCUT2D eigenvalue weighted by molar-refractivity contribution is 5.94. The number of benzene rings is 6. The van der Waals surface area contributed by atoms with Crippen LogP contribution in [0.25, 0.3) is 5.70 Å². The Morgan fingerprint density at radius 2 is 0.956 bits per heavy atom. The number of urea groups is 2. The molecule has 502 valence electrons. The number of nitrogens with zero attached hydrogens (tertiary/aromatic N) is 1. The first-order valence-electron chi connectivity index (χ1n) is 31.5. The monoisotopic (exact) mass is 1260 g/mol. The number of nitrogens with one attached hydrogen (secondary N) is 3. The molecule has 0 saturated heterocycles. The van der Waals surface area contributed by atoms with E-state index in [0.717, 1.165) is 72.2 Å². The zero-order valence-corrected chi connectivity index (χ0v) is 58.2. The van der Waals surface area contributed by atoms with E-state index in [1.807, 2.05) is 106 Å². The first kappa shape index (κ1) is 81.2. The maximum absolute atomic E-state index is 13.3. The molecule has 0 atom stereocenters. The van der Waals surface area contributed by atoms with Gasteiger partial charge in [0.15, 0.2) is 18.2 Å². The van der Waals surface area contributed by atoms with E-state index >= 15 is 0 Å². The number of nitrogens with two attached hydrogens (primary N) is 2. The lowest BCUT2D eigenvalue weighted by atomic mass is 9.88. The van der Waals surface area contributed by atoms with Crippen LogP contribution in [-0.2, 0) is 45.1 Å². The number of hydrogen-bond donors (Lipinski definition) is 5. The van der Waals surface area contributed by atoms with E-state index in [0.29, 0.717) is 41.4 Å². The van der Waals surface area contributed by atoms with Crippen molar-refractivity contribution in [2.75, 3.05) is 33.1 Å². The van der Waals surface area contributed by atoms with Crippen LogP contribution in [0.3, 0.4) is 0 Å². The Hall–Kier alpha value is -7.81. The number of anilines is 1. The molecule has 0 aromatic heterocycles. The molecule has 0 radical (unpaired) electrons. The summed E-state index contributed by atoms with van der Waals surface area (Å²) in [6.45, 7) is 37.6. The first-order valence-corrected chi connectivity index (χ1v) is 31.5. The molecule has 6 aromatic rings. The van der Waals surface area contributed by atoms with Crippen LogP contribution in [0.2, 0.25) is 0 Å². The average molecular weight is 1260 g/mol. The molecule has 11 nitrogen and oxygen atoms in total. The molecule has 0 saturated carbocycles. The standard InChI is InChI=1S/C15H23N.C13H19FO.C13H19NO.C12H15F3O.C12H18N2O.C11H16N2O/c1-12(16(5)6)14-9-7-13(8-10-14)11-15(2,3)4;1-9(2)7-11-5-6-12(14)13(8-11)15-10(3)4;1-13(2,3)9-10-5-7-11(8-6-10)12(15)14-4;1-9(2)6-10-4-3-5-11(7-10)16-8-12(13,14)15;1-9(2)6-10-4-3-5-11(7-10)8-14-12(13)15;1-8(2)6-9-4-3-5-10(7-9)13-11(12)14/h7-10H,1,11H2,2-6H3;5-6,8-10H,7H2,1-4H3;5-8H,9H2,1-4H3,(H,14,15);3-5,7,9H,6,8H2,1-2H3;3-5,7,9H,6,8H2,1-2H3,(H3,13,14,15);3-5,7-8H,6H2,1-2H3,(H3,12,13,14). The Bertz CT molecular complexity index is 3070. The maximum Gasteiger partial charge on any atom is 0.422 e. The summed E-state index contributed by atoms with van der Waals surface area (Å²) in [5.41, 5.74) is 22.8. The van der Waals surface area contributed by atoms with Gasteiger partial charge in [-0.15, -0.1) is 0 Å². The van der Waals surface area contributed by atoms with Crippen LogP contribution in [0.15, 0.2) is 146 Å². The molecule has 91 heavy (non-hydrogen) atoms. The van der Waals surface area contributed by atoms with E-state index < -0.39 is 24.8 Å². The van der Waals surface area contributed by atoms with Gasteiger partial charge < -0.3 is 41.8 Å². The second-order valence-electron chi connectivity index (χ2n) is 27.4. The second-order valence-corrected chi connectivity index (χ2v) is 27.4. The number of carbonyl (C=O) groups is 3. The van der Waals surface area contributed by atoms with Gasteiger partial charge in [0, 0.05) is 44.6 Å². The van der Waals surface area contributed by atoms with Crippen molar-refractivity contribution < 1.29 is 41.4 Å². The minimum absolute atomic E-state index is 0.00815. The van der Waals surface area contributed by atoms with Crippen molar-refractivity contribution in [1.29, 1.82) is 0 Å². The van der Waals surface area contributed by atoms with Crippen molar-refractivity contribution in [3.63, 3.8) is 0 Å². The summed E-state index contributed by atoms with van der Waals surface area (Å²) < 4.78 is 59.2. The van der Waals surface area contributed by atoms with Crippen LogP contribution in [0.4, 0.5) is 32.8 Å². The van der Waals surface area contributed by atoms with E-state index in [1.165, 1.54) is 39.9 Å². The van der Waals surface area contributed by atoms with Gasteiger partial charge in [-0.05, 0) is 180 Å². The number of rotatable bonds is 20. The Labute approximate surface area is 544 Å². The van der Waals surface area contributed by atoms with Gasteiger partial charge in [-0.25, -0.2) is 14.0 Å². The highest BCUT2D eigenvalue weighted by atomic mass is 19.4. The number of amides is 5. The molecule has 0 unspecified atom stereocenters. The summed E-state index contributed by atoms with van der Waals surface area (Å²) >= 11 is 0. The normalized spacial score (nSPS) is 11.0. The molecule has 0 fully saturated rings. The smallest absolute Gasteiger partial charge is 0.422 e. The van der Waals surface area contributed by atoms with Crippen LogP contribution in [0.5, 0.6) is 11.5 Å². The van der Waals surface area contributed by atoms with Gasteiger partial charge in [0.1, 0.15) is 5.75 Å². The summed E-state index contributed by atoms with van der Waals surface area (Å²) in [7, 11) is 5.68. The molecule has 0 heterocycles. The van der Waals surface area contributed by atoms with Crippen LogP contribution >= 0.6 is 0 Å². The van der Waals surface area contributed by atoms with Crippen LogP contribution in [-0.4, -0.2) is 62.9 Å².